The highest BCUT2D eigenvalue weighted by Gasteiger charge is 2.31. The second-order valence-corrected chi connectivity index (χ2v) is 7.87. The molecule has 0 radical (unpaired) electrons. The smallest absolute Gasteiger partial charge is 0.226 e. The molecular formula is C22H28N4O3. The van der Waals surface area contributed by atoms with E-state index < -0.39 is 0 Å². The summed E-state index contributed by atoms with van der Waals surface area (Å²) in [6.45, 7) is 2.50. The molecule has 1 saturated heterocycles. The predicted molar refractivity (Wildman–Crippen MR) is 109 cm³/mol. The number of carbonyl (C=O) groups excluding carboxylic acids is 2. The molecule has 1 aromatic heterocycles. The van der Waals surface area contributed by atoms with Crippen molar-refractivity contribution in [2.75, 3.05) is 33.3 Å². The molecule has 0 bridgehead atoms. The number of piperazine rings is 1. The number of methoxy groups -OCH3 is 1. The number of H-pyrrole nitrogens is 1. The molecule has 1 aliphatic heterocycles. The molecule has 7 nitrogen and oxygen atoms in total. The van der Waals surface area contributed by atoms with Gasteiger partial charge < -0.3 is 14.5 Å². The van der Waals surface area contributed by atoms with Gasteiger partial charge in [-0.2, -0.15) is 5.10 Å². The number of rotatable bonds is 5. The number of hydrogen-bond acceptors (Lipinski definition) is 4. The number of nitrogens with zero attached hydrogens (tertiary/aromatic N) is 3. The van der Waals surface area contributed by atoms with Crippen LogP contribution in [-0.2, 0) is 28.9 Å². The monoisotopic (exact) mass is 396 g/mol. The van der Waals surface area contributed by atoms with Gasteiger partial charge in [0.15, 0.2) is 0 Å². The number of aromatic nitrogens is 2. The van der Waals surface area contributed by atoms with Gasteiger partial charge in [0.2, 0.25) is 11.8 Å². The summed E-state index contributed by atoms with van der Waals surface area (Å²) in [6.07, 6.45) is 5.58. The van der Waals surface area contributed by atoms with E-state index in [4.69, 9.17) is 4.74 Å². The van der Waals surface area contributed by atoms with Crippen molar-refractivity contribution >= 4 is 11.8 Å². The minimum Gasteiger partial charge on any atom is -0.497 e. The van der Waals surface area contributed by atoms with Crippen LogP contribution >= 0.6 is 0 Å². The van der Waals surface area contributed by atoms with Crippen molar-refractivity contribution in [3.63, 3.8) is 0 Å². The molecular weight excluding hydrogens is 368 g/mol. The van der Waals surface area contributed by atoms with Crippen LogP contribution in [0.2, 0.25) is 0 Å². The third-order valence-electron chi connectivity index (χ3n) is 6.10. The van der Waals surface area contributed by atoms with Gasteiger partial charge in [-0.1, -0.05) is 12.1 Å². The molecule has 29 heavy (non-hydrogen) atoms. The quantitative estimate of drug-likeness (QED) is 0.836. The number of aromatic amines is 1. The van der Waals surface area contributed by atoms with Gasteiger partial charge in [0.05, 0.1) is 13.3 Å². The van der Waals surface area contributed by atoms with Crippen LogP contribution in [0, 0.1) is 5.92 Å². The van der Waals surface area contributed by atoms with Crippen molar-refractivity contribution in [2.24, 2.45) is 5.92 Å². The summed E-state index contributed by atoms with van der Waals surface area (Å²) in [5.41, 5.74) is 3.46. The van der Waals surface area contributed by atoms with Crippen molar-refractivity contribution < 1.29 is 14.3 Å². The number of ether oxygens (including phenoxy) is 1. The molecule has 0 saturated carbocycles. The lowest BCUT2D eigenvalue weighted by Gasteiger charge is -2.37. The third-order valence-corrected chi connectivity index (χ3v) is 6.10. The van der Waals surface area contributed by atoms with E-state index in [1.165, 1.54) is 11.3 Å². The topological polar surface area (TPSA) is 78.5 Å². The standard InChI is InChI=1S/C22H28N4O3/c1-29-19-6-2-16(3-7-19)4-9-21(27)25-10-12-26(13-11-25)22(28)17-5-8-20-18(14-17)15-23-24-20/h2-3,6-7,15,17H,4-5,8-14H2,1H3,(H,23,24). The lowest BCUT2D eigenvalue weighted by atomic mass is 9.87. The van der Waals surface area contributed by atoms with Crippen LogP contribution in [0.3, 0.4) is 0 Å². The summed E-state index contributed by atoms with van der Waals surface area (Å²) in [4.78, 5) is 29.3. The van der Waals surface area contributed by atoms with Crippen LogP contribution in [0.25, 0.3) is 0 Å². The van der Waals surface area contributed by atoms with E-state index in [-0.39, 0.29) is 17.7 Å². The molecule has 1 fully saturated rings. The van der Waals surface area contributed by atoms with Crippen LogP contribution < -0.4 is 4.74 Å². The van der Waals surface area contributed by atoms with Gasteiger partial charge in [-0.05, 0) is 48.9 Å². The Hall–Kier alpha value is -2.83. The Morgan fingerprint density at radius 3 is 2.59 bits per heavy atom. The van der Waals surface area contributed by atoms with Crippen LogP contribution in [0.15, 0.2) is 30.5 Å². The van der Waals surface area contributed by atoms with Gasteiger partial charge in [0, 0.05) is 44.2 Å². The Bertz CT molecular complexity index is 853. The van der Waals surface area contributed by atoms with E-state index in [1.807, 2.05) is 40.3 Å². The molecule has 2 amide bonds. The number of amides is 2. The zero-order valence-corrected chi connectivity index (χ0v) is 16.9. The van der Waals surface area contributed by atoms with Crippen LogP contribution in [0.5, 0.6) is 5.75 Å². The van der Waals surface area contributed by atoms with Gasteiger partial charge in [0.25, 0.3) is 0 Å². The van der Waals surface area contributed by atoms with Gasteiger partial charge in [-0.25, -0.2) is 0 Å². The Kier molecular flexibility index (Phi) is 5.83. The Labute approximate surface area is 171 Å². The highest BCUT2D eigenvalue weighted by molar-refractivity contribution is 5.80. The Morgan fingerprint density at radius 1 is 1.14 bits per heavy atom. The first kappa shape index (κ1) is 19.5. The summed E-state index contributed by atoms with van der Waals surface area (Å²) in [5.74, 6) is 1.25. The summed E-state index contributed by atoms with van der Waals surface area (Å²) < 4.78 is 5.16. The van der Waals surface area contributed by atoms with Crippen molar-refractivity contribution in [1.82, 2.24) is 20.0 Å². The molecule has 2 heterocycles. The summed E-state index contributed by atoms with van der Waals surface area (Å²) in [7, 11) is 1.64. The minimum atomic E-state index is 0.0393. The highest BCUT2D eigenvalue weighted by Crippen LogP contribution is 2.25. The zero-order chi connectivity index (χ0) is 20.2. The molecule has 154 valence electrons. The molecule has 1 atom stereocenters. The average molecular weight is 396 g/mol. The van der Waals surface area contributed by atoms with Crippen molar-refractivity contribution in [3.05, 3.63) is 47.3 Å². The second-order valence-electron chi connectivity index (χ2n) is 7.87. The first-order chi connectivity index (χ1) is 14.1. The van der Waals surface area contributed by atoms with Gasteiger partial charge in [0.1, 0.15) is 5.75 Å². The second kappa shape index (κ2) is 8.68. The largest absolute Gasteiger partial charge is 0.497 e. The average Bonchev–Trinajstić information content (AvgIpc) is 3.25. The fourth-order valence-electron chi connectivity index (χ4n) is 4.26. The fraction of sp³-hybridized carbons (Fsp3) is 0.500. The molecule has 1 aliphatic carbocycles. The lowest BCUT2D eigenvalue weighted by Crippen LogP contribution is -2.52. The first-order valence-corrected chi connectivity index (χ1v) is 10.3. The van der Waals surface area contributed by atoms with E-state index in [2.05, 4.69) is 10.2 Å². The molecule has 7 heteroatoms. The maximum absolute atomic E-state index is 12.9. The number of fused-ring (bicyclic) bond motifs is 1. The minimum absolute atomic E-state index is 0.0393. The van der Waals surface area contributed by atoms with E-state index in [0.29, 0.717) is 32.6 Å². The third kappa shape index (κ3) is 4.44. The summed E-state index contributed by atoms with van der Waals surface area (Å²) >= 11 is 0. The molecule has 2 aliphatic rings. The van der Waals surface area contributed by atoms with Crippen molar-refractivity contribution in [3.8, 4) is 5.75 Å². The van der Waals surface area contributed by atoms with Crippen molar-refractivity contribution in [2.45, 2.75) is 32.1 Å². The molecule has 1 unspecified atom stereocenters. The highest BCUT2D eigenvalue weighted by atomic mass is 16.5. The number of carbonyl (C=O) groups is 2. The van der Waals surface area contributed by atoms with Gasteiger partial charge in [-0.3, -0.25) is 14.7 Å². The van der Waals surface area contributed by atoms with Crippen LogP contribution in [0.1, 0.15) is 29.7 Å². The number of benzene rings is 1. The van der Waals surface area contributed by atoms with E-state index in [0.717, 1.165) is 37.0 Å². The number of nitrogens with one attached hydrogen (secondary N) is 1. The van der Waals surface area contributed by atoms with Crippen molar-refractivity contribution in [1.29, 1.82) is 0 Å². The molecule has 0 spiro atoms. The molecule has 1 aromatic carbocycles. The van der Waals surface area contributed by atoms with E-state index >= 15 is 0 Å². The molecule has 2 aromatic rings. The number of hydrogen-bond donors (Lipinski definition) is 1. The van der Waals surface area contributed by atoms with Crippen LogP contribution in [0.4, 0.5) is 0 Å². The molecule has 4 rings (SSSR count). The first-order valence-electron chi connectivity index (χ1n) is 10.3. The molecule has 1 N–H and O–H groups in total. The maximum atomic E-state index is 12.9. The fourth-order valence-corrected chi connectivity index (χ4v) is 4.26. The van der Waals surface area contributed by atoms with Gasteiger partial charge in [-0.15, -0.1) is 0 Å². The van der Waals surface area contributed by atoms with Crippen LogP contribution in [-0.4, -0.2) is 65.1 Å². The summed E-state index contributed by atoms with van der Waals surface area (Å²) in [6, 6.07) is 7.83. The summed E-state index contributed by atoms with van der Waals surface area (Å²) in [5, 5.41) is 7.11. The Balaban J connectivity index is 1.23. The predicted octanol–water partition coefficient (Wildman–Crippen LogP) is 1.83. The van der Waals surface area contributed by atoms with Gasteiger partial charge >= 0.3 is 0 Å². The Morgan fingerprint density at radius 2 is 1.86 bits per heavy atom. The zero-order valence-electron chi connectivity index (χ0n) is 16.9. The van der Waals surface area contributed by atoms with E-state index in [1.54, 1.807) is 7.11 Å². The normalized spacial score (nSPS) is 19.0. The SMILES string of the molecule is COc1ccc(CCC(=O)N2CCN(C(=O)C3CCc4[nH]ncc4C3)CC2)cc1. The number of aryl methyl sites for hydroxylation is 2. The lowest BCUT2D eigenvalue weighted by molar-refractivity contribution is -0.142. The maximum Gasteiger partial charge on any atom is 0.226 e. The van der Waals surface area contributed by atoms with E-state index in [9.17, 15) is 9.59 Å².